The molecule has 1 fully saturated rings. The summed E-state index contributed by atoms with van der Waals surface area (Å²) in [4.78, 5) is 27.0. The Labute approximate surface area is 170 Å². The average molecular weight is 394 g/mol. The van der Waals surface area contributed by atoms with Crippen LogP contribution in [0.25, 0.3) is 11.1 Å². The van der Waals surface area contributed by atoms with Crippen LogP contribution in [0.2, 0.25) is 0 Å². The first kappa shape index (κ1) is 19.5. The fourth-order valence-electron chi connectivity index (χ4n) is 4.73. The molecule has 2 atom stereocenters. The molecule has 6 nitrogen and oxygen atoms in total. The van der Waals surface area contributed by atoms with Crippen LogP contribution in [-0.2, 0) is 9.53 Å². The SMILES string of the molecule is C[NH+](C)C[C@@H]1CC[C@@H](C(=O)[O-])N1C(=O)OCC1c2ccccc2-c2ccccc21. The lowest BCUT2D eigenvalue weighted by molar-refractivity contribution is -0.860. The van der Waals surface area contributed by atoms with Crippen molar-refractivity contribution in [2.75, 3.05) is 27.2 Å². The number of carbonyl (C=O) groups excluding carboxylic acids is 2. The predicted molar refractivity (Wildman–Crippen MR) is 106 cm³/mol. The van der Waals surface area contributed by atoms with E-state index >= 15 is 0 Å². The third kappa shape index (κ3) is 3.60. The van der Waals surface area contributed by atoms with Crippen molar-refractivity contribution >= 4 is 12.1 Å². The molecule has 2 aromatic rings. The van der Waals surface area contributed by atoms with E-state index in [-0.39, 0.29) is 18.6 Å². The Bertz CT molecular complexity index is 881. The number of ether oxygens (including phenoxy) is 1. The number of fused-ring (bicyclic) bond motifs is 3. The summed E-state index contributed by atoms with van der Waals surface area (Å²) in [5.74, 6) is -1.26. The van der Waals surface area contributed by atoms with Crippen molar-refractivity contribution < 1.29 is 24.3 Å². The molecule has 1 aliphatic heterocycles. The predicted octanol–water partition coefficient (Wildman–Crippen LogP) is 0.663. The molecular weight excluding hydrogens is 368 g/mol. The molecule has 0 bridgehead atoms. The molecule has 4 rings (SSSR count). The minimum atomic E-state index is -1.21. The summed E-state index contributed by atoms with van der Waals surface area (Å²) in [7, 11) is 3.98. The lowest BCUT2D eigenvalue weighted by Crippen LogP contribution is -3.07. The molecular formula is C23H26N2O4. The molecule has 1 aliphatic carbocycles. The minimum Gasteiger partial charge on any atom is -0.548 e. The Balaban J connectivity index is 1.54. The summed E-state index contributed by atoms with van der Waals surface area (Å²) in [5, 5.41) is 11.6. The van der Waals surface area contributed by atoms with Crippen LogP contribution in [0.3, 0.4) is 0 Å². The lowest BCUT2D eigenvalue weighted by Gasteiger charge is -2.30. The number of carboxylic acid groups (broad SMARTS) is 1. The maximum absolute atomic E-state index is 12.9. The van der Waals surface area contributed by atoms with E-state index in [1.807, 2.05) is 38.4 Å². The third-order valence-electron chi connectivity index (χ3n) is 5.97. The fourth-order valence-corrected chi connectivity index (χ4v) is 4.73. The number of hydrogen-bond donors (Lipinski definition) is 1. The van der Waals surface area contributed by atoms with Gasteiger partial charge in [0.05, 0.1) is 38.7 Å². The number of nitrogens with one attached hydrogen (secondary N) is 1. The van der Waals surface area contributed by atoms with Crippen molar-refractivity contribution in [1.29, 1.82) is 0 Å². The zero-order valence-corrected chi connectivity index (χ0v) is 16.8. The van der Waals surface area contributed by atoms with Gasteiger partial charge in [0.25, 0.3) is 0 Å². The first-order valence-electron chi connectivity index (χ1n) is 10.1. The van der Waals surface area contributed by atoms with Gasteiger partial charge in [-0.25, -0.2) is 4.79 Å². The molecule has 0 radical (unpaired) electrons. The van der Waals surface area contributed by atoms with Gasteiger partial charge in [0, 0.05) is 5.92 Å². The van der Waals surface area contributed by atoms with Crippen molar-refractivity contribution in [3.05, 3.63) is 59.7 Å². The minimum absolute atomic E-state index is 0.0479. The molecule has 0 unspecified atom stereocenters. The zero-order chi connectivity index (χ0) is 20.5. The van der Waals surface area contributed by atoms with Crippen molar-refractivity contribution in [2.24, 2.45) is 0 Å². The number of benzene rings is 2. The van der Waals surface area contributed by atoms with Crippen LogP contribution >= 0.6 is 0 Å². The van der Waals surface area contributed by atoms with Crippen molar-refractivity contribution in [1.82, 2.24) is 4.90 Å². The van der Waals surface area contributed by atoms with Crippen molar-refractivity contribution in [3.63, 3.8) is 0 Å². The van der Waals surface area contributed by atoms with Crippen molar-refractivity contribution in [3.8, 4) is 11.1 Å². The Hall–Kier alpha value is -2.86. The Morgan fingerprint density at radius 1 is 1.03 bits per heavy atom. The van der Waals surface area contributed by atoms with Gasteiger partial charge in [-0.15, -0.1) is 0 Å². The average Bonchev–Trinajstić information content (AvgIpc) is 3.25. The largest absolute Gasteiger partial charge is 0.548 e. The quantitative estimate of drug-likeness (QED) is 0.809. The number of quaternary nitrogens is 1. The normalized spacial score (nSPS) is 20.6. The van der Waals surface area contributed by atoms with E-state index in [1.165, 1.54) is 4.90 Å². The summed E-state index contributed by atoms with van der Waals surface area (Å²) < 4.78 is 5.70. The molecule has 2 aromatic carbocycles. The van der Waals surface area contributed by atoms with Crippen LogP contribution in [0, 0.1) is 0 Å². The van der Waals surface area contributed by atoms with E-state index in [1.54, 1.807) is 0 Å². The Morgan fingerprint density at radius 3 is 2.17 bits per heavy atom. The van der Waals surface area contributed by atoms with Gasteiger partial charge < -0.3 is 19.5 Å². The standard InChI is InChI=1S/C23H26N2O4/c1-24(2)13-15-11-12-21(22(26)27)25(15)23(28)29-14-20-18-9-5-3-7-16(18)17-8-4-6-10-19(17)20/h3-10,15,20-21H,11-14H2,1-2H3,(H,26,27)/t15-,21-/m0/s1. The smallest absolute Gasteiger partial charge is 0.410 e. The topological polar surface area (TPSA) is 74.1 Å². The first-order valence-corrected chi connectivity index (χ1v) is 10.1. The molecule has 1 N–H and O–H groups in total. The molecule has 0 saturated carbocycles. The van der Waals surface area contributed by atoms with Crippen LogP contribution in [0.1, 0.15) is 29.9 Å². The maximum atomic E-state index is 12.9. The number of amides is 1. The number of nitrogens with zero attached hydrogens (tertiary/aromatic N) is 1. The highest BCUT2D eigenvalue weighted by Crippen LogP contribution is 2.44. The summed E-state index contributed by atoms with van der Waals surface area (Å²) in [5.41, 5.74) is 4.58. The summed E-state index contributed by atoms with van der Waals surface area (Å²) >= 11 is 0. The number of rotatable bonds is 5. The second-order valence-corrected chi connectivity index (χ2v) is 8.19. The van der Waals surface area contributed by atoms with E-state index < -0.39 is 18.1 Å². The van der Waals surface area contributed by atoms with Gasteiger partial charge in [-0.05, 0) is 35.1 Å². The Morgan fingerprint density at radius 2 is 1.62 bits per heavy atom. The summed E-state index contributed by atoms with van der Waals surface area (Å²) in [6.45, 7) is 0.860. The highest BCUT2D eigenvalue weighted by Gasteiger charge is 2.40. The van der Waals surface area contributed by atoms with E-state index in [0.29, 0.717) is 19.4 Å². The number of aliphatic carboxylic acids is 1. The van der Waals surface area contributed by atoms with Gasteiger partial charge in [0.2, 0.25) is 0 Å². The van der Waals surface area contributed by atoms with Crippen LogP contribution in [0.5, 0.6) is 0 Å². The van der Waals surface area contributed by atoms with Crippen LogP contribution in [0.4, 0.5) is 4.79 Å². The Kier molecular flexibility index (Phi) is 5.28. The van der Waals surface area contributed by atoms with Gasteiger partial charge in [0.1, 0.15) is 6.61 Å². The molecule has 6 heteroatoms. The fraction of sp³-hybridized carbons (Fsp3) is 0.391. The number of likely N-dealkylation sites (N-methyl/N-ethyl adjacent to an activating group) is 1. The molecule has 0 aromatic heterocycles. The summed E-state index contributed by atoms with van der Waals surface area (Å²) in [6, 6.07) is 15.2. The second kappa shape index (κ2) is 7.87. The molecule has 1 saturated heterocycles. The van der Waals surface area contributed by atoms with Gasteiger partial charge in [0.15, 0.2) is 0 Å². The number of carbonyl (C=O) groups is 2. The molecule has 152 valence electrons. The first-order chi connectivity index (χ1) is 14.0. The van der Waals surface area contributed by atoms with Gasteiger partial charge in [-0.1, -0.05) is 48.5 Å². The maximum Gasteiger partial charge on any atom is 0.410 e. The van der Waals surface area contributed by atoms with Gasteiger partial charge in [-0.2, -0.15) is 0 Å². The molecule has 1 amide bonds. The highest BCUT2D eigenvalue weighted by molar-refractivity contribution is 5.81. The van der Waals surface area contributed by atoms with E-state index in [0.717, 1.165) is 27.2 Å². The summed E-state index contributed by atoms with van der Waals surface area (Å²) in [6.07, 6.45) is 0.489. The van der Waals surface area contributed by atoms with Gasteiger partial charge in [-0.3, -0.25) is 4.90 Å². The van der Waals surface area contributed by atoms with E-state index in [9.17, 15) is 14.7 Å². The number of carboxylic acids is 1. The monoisotopic (exact) mass is 394 g/mol. The highest BCUT2D eigenvalue weighted by atomic mass is 16.6. The van der Waals surface area contributed by atoms with Crippen molar-refractivity contribution in [2.45, 2.75) is 30.8 Å². The lowest BCUT2D eigenvalue weighted by atomic mass is 9.98. The number of hydrogen-bond acceptors (Lipinski definition) is 4. The van der Waals surface area contributed by atoms with Gasteiger partial charge >= 0.3 is 6.09 Å². The second-order valence-electron chi connectivity index (χ2n) is 8.19. The van der Waals surface area contributed by atoms with Crippen LogP contribution < -0.4 is 10.0 Å². The molecule has 0 spiro atoms. The van der Waals surface area contributed by atoms with E-state index in [2.05, 4.69) is 24.3 Å². The molecule has 2 aliphatic rings. The van der Waals surface area contributed by atoms with Crippen LogP contribution in [-0.4, -0.2) is 56.3 Å². The molecule has 29 heavy (non-hydrogen) atoms. The molecule has 1 heterocycles. The van der Waals surface area contributed by atoms with E-state index in [4.69, 9.17) is 4.74 Å². The third-order valence-corrected chi connectivity index (χ3v) is 5.97. The number of likely N-dealkylation sites (tertiary alicyclic amines) is 1. The zero-order valence-electron chi connectivity index (χ0n) is 16.8. The van der Waals surface area contributed by atoms with Crippen LogP contribution in [0.15, 0.2) is 48.5 Å².